The van der Waals surface area contributed by atoms with Gasteiger partial charge in [-0.3, -0.25) is 4.90 Å². The fourth-order valence-corrected chi connectivity index (χ4v) is 1.97. The summed E-state index contributed by atoms with van der Waals surface area (Å²) in [6.45, 7) is 3.68. The van der Waals surface area contributed by atoms with Gasteiger partial charge in [-0.25, -0.2) is 4.98 Å². The minimum atomic E-state index is 0.537. The molecule has 0 aliphatic rings. The maximum Gasteiger partial charge on any atom is 0.129 e. The maximum absolute atomic E-state index is 5.85. The Morgan fingerprint density at radius 3 is 2.82 bits per heavy atom. The Morgan fingerprint density at radius 1 is 1.35 bits per heavy atom. The zero-order valence-corrected chi connectivity index (χ0v) is 10.7. The molecule has 2 rings (SSSR count). The van der Waals surface area contributed by atoms with Crippen LogP contribution in [0.1, 0.15) is 16.9 Å². The van der Waals surface area contributed by atoms with Crippen LogP contribution in [0.25, 0.3) is 0 Å². The molecular formula is C13H15ClN2O. The first-order valence-electron chi connectivity index (χ1n) is 5.47. The average Bonchev–Trinajstić information content (AvgIpc) is 2.64. The lowest BCUT2D eigenvalue weighted by Gasteiger charge is -2.16. The zero-order valence-electron chi connectivity index (χ0n) is 9.98. The van der Waals surface area contributed by atoms with E-state index in [0.29, 0.717) is 5.15 Å². The van der Waals surface area contributed by atoms with Crippen molar-refractivity contribution in [3.05, 3.63) is 52.7 Å². The molecule has 0 N–H and O–H groups in total. The summed E-state index contributed by atoms with van der Waals surface area (Å²) in [4.78, 5) is 6.18. The molecule has 3 nitrogen and oxygen atoms in total. The summed E-state index contributed by atoms with van der Waals surface area (Å²) in [6.07, 6.45) is 3.45. The molecule has 0 radical (unpaired) electrons. The number of rotatable bonds is 4. The Kier molecular flexibility index (Phi) is 3.82. The quantitative estimate of drug-likeness (QED) is 0.780. The molecule has 0 fully saturated rings. The first-order valence-corrected chi connectivity index (χ1v) is 5.85. The normalized spacial score (nSPS) is 11.1. The van der Waals surface area contributed by atoms with Crippen molar-refractivity contribution in [1.82, 2.24) is 9.88 Å². The molecule has 2 aromatic rings. The SMILES string of the molecule is Cc1occc1CN(C)Cc1ccnc(Cl)c1. The molecule has 0 spiro atoms. The van der Waals surface area contributed by atoms with Crippen LogP contribution >= 0.6 is 11.6 Å². The molecular weight excluding hydrogens is 236 g/mol. The standard InChI is InChI=1S/C13H15ClN2O/c1-10-12(4-6-17-10)9-16(2)8-11-3-5-15-13(14)7-11/h3-7H,8-9H2,1-2H3. The van der Waals surface area contributed by atoms with Crippen molar-refractivity contribution in [1.29, 1.82) is 0 Å². The Balaban J connectivity index is 1.98. The van der Waals surface area contributed by atoms with E-state index in [-0.39, 0.29) is 0 Å². The molecule has 4 heteroatoms. The zero-order chi connectivity index (χ0) is 12.3. The van der Waals surface area contributed by atoms with Gasteiger partial charge in [0.05, 0.1) is 6.26 Å². The molecule has 90 valence electrons. The molecule has 0 aliphatic heterocycles. The number of aromatic nitrogens is 1. The lowest BCUT2D eigenvalue weighted by molar-refractivity contribution is 0.316. The Morgan fingerprint density at radius 2 is 2.18 bits per heavy atom. The third-order valence-corrected chi connectivity index (χ3v) is 2.86. The van der Waals surface area contributed by atoms with E-state index in [1.54, 1.807) is 12.5 Å². The van der Waals surface area contributed by atoms with Gasteiger partial charge < -0.3 is 4.42 Å². The summed E-state index contributed by atoms with van der Waals surface area (Å²) in [5.74, 6) is 0.976. The number of nitrogens with zero attached hydrogens (tertiary/aromatic N) is 2. The molecule has 0 aliphatic carbocycles. The predicted octanol–water partition coefficient (Wildman–Crippen LogP) is 3.27. The molecule has 0 bridgehead atoms. The van der Waals surface area contributed by atoms with Gasteiger partial charge in [0.2, 0.25) is 0 Å². The number of hydrogen-bond acceptors (Lipinski definition) is 3. The minimum absolute atomic E-state index is 0.537. The fraction of sp³-hybridized carbons (Fsp3) is 0.308. The van der Waals surface area contributed by atoms with Crippen LogP contribution in [0, 0.1) is 6.92 Å². The third-order valence-electron chi connectivity index (χ3n) is 2.65. The fourth-order valence-electron chi connectivity index (χ4n) is 1.77. The van der Waals surface area contributed by atoms with E-state index in [4.69, 9.17) is 16.0 Å². The molecule has 0 amide bonds. The summed E-state index contributed by atoms with van der Waals surface area (Å²) >= 11 is 5.85. The van der Waals surface area contributed by atoms with Gasteiger partial charge in [-0.05, 0) is 37.7 Å². The molecule has 0 saturated carbocycles. The summed E-state index contributed by atoms with van der Waals surface area (Å²) in [5.41, 5.74) is 2.38. The predicted molar refractivity (Wildman–Crippen MR) is 67.9 cm³/mol. The van der Waals surface area contributed by atoms with E-state index in [9.17, 15) is 0 Å². The van der Waals surface area contributed by atoms with E-state index >= 15 is 0 Å². The molecule has 2 heterocycles. The van der Waals surface area contributed by atoms with Gasteiger partial charge in [0.1, 0.15) is 10.9 Å². The highest BCUT2D eigenvalue weighted by Crippen LogP contribution is 2.14. The summed E-state index contributed by atoms with van der Waals surface area (Å²) in [5, 5.41) is 0.537. The molecule has 0 atom stereocenters. The van der Waals surface area contributed by atoms with Gasteiger partial charge in [0.25, 0.3) is 0 Å². The average molecular weight is 251 g/mol. The Bertz CT molecular complexity index is 496. The van der Waals surface area contributed by atoms with Crippen molar-refractivity contribution in [2.24, 2.45) is 0 Å². The van der Waals surface area contributed by atoms with Crippen molar-refractivity contribution in [2.45, 2.75) is 20.0 Å². The largest absolute Gasteiger partial charge is 0.469 e. The first-order chi connectivity index (χ1) is 8.15. The second-order valence-corrected chi connectivity index (χ2v) is 4.55. The van der Waals surface area contributed by atoms with Crippen molar-refractivity contribution >= 4 is 11.6 Å². The summed E-state index contributed by atoms with van der Waals surface area (Å²) in [7, 11) is 2.07. The number of pyridine rings is 1. The van der Waals surface area contributed by atoms with Crippen molar-refractivity contribution in [3.63, 3.8) is 0 Å². The van der Waals surface area contributed by atoms with Gasteiger partial charge in [-0.1, -0.05) is 11.6 Å². The van der Waals surface area contributed by atoms with Crippen molar-refractivity contribution in [2.75, 3.05) is 7.05 Å². The lowest BCUT2D eigenvalue weighted by atomic mass is 10.2. The molecule has 0 unspecified atom stereocenters. The van der Waals surface area contributed by atoms with E-state index in [0.717, 1.165) is 24.4 Å². The first kappa shape index (κ1) is 12.1. The minimum Gasteiger partial charge on any atom is -0.469 e. The molecule has 0 aromatic carbocycles. The number of hydrogen-bond donors (Lipinski definition) is 0. The number of aryl methyl sites for hydroxylation is 1. The monoisotopic (exact) mass is 250 g/mol. The van der Waals surface area contributed by atoms with Crippen LogP contribution in [0.5, 0.6) is 0 Å². The Labute approximate surface area is 106 Å². The van der Waals surface area contributed by atoms with E-state index in [1.807, 2.05) is 25.1 Å². The molecule has 0 saturated heterocycles. The number of halogens is 1. The second kappa shape index (κ2) is 5.34. The summed E-state index contributed by atoms with van der Waals surface area (Å²) in [6, 6.07) is 5.87. The molecule has 17 heavy (non-hydrogen) atoms. The smallest absolute Gasteiger partial charge is 0.129 e. The van der Waals surface area contributed by atoms with Crippen molar-refractivity contribution in [3.8, 4) is 0 Å². The summed E-state index contributed by atoms with van der Waals surface area (Å²) < 4.78 is 5.28. The highest BCUT2D eigenvalue weighted by Gasteiger charge is 2.06. The van der Waals surface area contributed by atoms with Crippen LogP contribution in [0.15, 0.2) is 35.1 Å². The van der Waals surface area contributed by atoms with Gasteiger partial charge in [-0.2, -0.15) is 0 Å². The van der Waals surface area contributed by atoms with Crippen LogP contribution in [-0.4, -0.2) is 16.9 Å². The van der Waals surface area contributed by atoms with Gasteiger partial charge >= 0.3 is 0 Å². The highest BCUT2D eigenvalue weighted by molar-refractivity contribution is 6.29. The van der Waals surface area contributed by atoms with Crippen LogP contribution in [0.4, 0.5) is 0 Å². The second-order valence-electron chi connectivity index (χ2n) is 4.16. The topological polar surface area (TPSA) is 29.3 Å². The molecule has 2 aromatic heterocycles. The number of furan rings is 1. The van der Waals surface area contributed by atoms with E-state index in [1.165, 1.54) is 5.56 Å². The third kappa shape index (κ3) is 3.32. The van der Waals surface area contributed by atoms with Crippen LogP contribution in [-0.2, 0) is 13.1 Å². The van der Waals surface area contributed by atoms with Crippen LogP contribution in [0.3, 0.4) is 0 Å². The van der Waals surface area contributed by atoms with Gasteiger partial charge in [-0.15, -0.1) is 0 Å². The maximum atomic E-state index is 5.85. The van der Waals surface area contributed by atoms with E-state index in [2.05, 4.69) is 16.9 Å². The van der Waals surface area contributed by atoms with Crippen LogP contribution < -0.4 is 0 Å². The Hall–Kier alpha value is -1.32. The lowest BCUT2D eigenvalue weighted by Crippen LogP contribution is -2.17. The van der Waals surface area contributed by atoms with Gasteiger partial charge in [0, 0.05) is 24.8 Å². The van der Waals surface area contributed by atoms with E-state index < -0.39 is 0 Å². The van der Waals surface area contributed by atoms with Crippen molar-refractivity contribution < 1.29 is 4.42 Å². The highest BCUT2D eigenvalue weighted by atomic mass is 35.5. The van der Waals surface area contributed by atoms with Crippen LogP contribution in [0.2, 0.25) is 5.15 Å². The van der Waals surface area contributed by atoms with Gasteiger partial charge in [0.15, 0.2) is 0 Å².